The molecule has 1 aromatic rings. The Labute approximate surface area is 164 Å². The molecule has 1 unspecified atom stereocenters. The largest absolute Gasteiger partial charge is 0.338 e. The zero-order valence-corrected chi connectivity index (χ0v) is 16.8. The highest BCUT2D eigenvalue weighted by atomic mass is 19.3. The fraction of sp³-hybridized carbons (Fsp3) is 0.750. The fourth-order valence-corrected chi connectivity index (χ4v) is 3.88. The monoisotopic (exact) mass is 397 g/mol. The third kappa shape index (κ3) is 4.70. The third-order valence-corrected chi connectivity index (χ3v) is 5.68. The number of amides is 2. The number of carbonyl (C=O) groups excluding carboxylic acids is 2. The molecule has 1 atom stereocenters. The average molecular weight is 397 g/mol. The van der Waals surface area contributed by atoms with Gasteiger partial charge in [0.1, 0.15) is 6.04 Å². The molecule has 3 rings (SSSR count). The molecule has 0 bridgehead atoms. The van der Waals surface area contributed by atoms with E-state index in [1.54, 1.807) is 11.0 Å². The van der Waals surface area contributed by atoms with E-state index in [0.29, 0.717) is 13.0 Å². The van der Waals surface area contributed by atoms with Crippen LogP contribution in [0.5, 0.6) is 0 Å². The van der Waals surface area contributed by atoms with E-state index in [9.17, 15) is 18.4 Å². The van der Waals surface area contributed by atoms with Crippen LogP contribution in [0, 0.1) is 5.92 Å². The molecular formula is C20H29F2N3O3. The average Bonchev–Trinajstić information content (AvgIpc) is 3.10. The standard InChI is InChI=1S/C20H29F2N3O3/c1-19(2,3)15-12-16(28-24-15)23-17(26)14-6-4-5-11-25(14)18(27)13-7-9-20(21,22)10-8-13/h12-14H,4-11H2,1-3H3,(H,23,26). The molecule has 0 aromatic carbocycles. The van der Waals surface area contributed by atoms with Gasteiger partial charge in [-0.1, -0.05) is 25.9 Å². The van der Waals surface area contributed by atoms with Crippen LogP contribution in [-0.2, 0) is 15.0 Å². The highest BCUT2D eigenvalue weighted by molar-refractivity contribution is 5.96. The molecule has 2 fully saturated rings. The van der Waals surface area contributed by atoms with E-state index >= 15 is 0 Å². The SMILES string of the molecule is CC(C)(C)c1cc(NC(=O)C2CCCCN2C(=O)C2CCC(F)(F)CC2)on1. The highest BCUT2D eigenvalue weighted by Gasteiger charge is 2.41. The Balaban J connectivity index is 1.66. The van der Waals surface area contributed by atoms with Crippen molar-refractivity contribution in [2.75, 3.05) is 11.9 Å². The smallest absolute Gasteiger partial charge is 0.249 e. The Morgan fingerprint density at radius 1 is 1.21 bits per heavy atom. The number of hydrogen-bond donors (Lipinski definition) is 1. The van der Waals surface area contributed by atoms with Gasteiger partial charge in [-0.05, 0) is 32.1 Å². The lowest BCUT2D eigenvalue weighted by molar-refractivity contribution is -0.147. The van der Waals surface area contributed by atoms with Crippen LogP contribution in [0.15, 0.2) is 10.6 Å². The van der Waals surface area contributed by atoms with Crippen molar-refractivity contribution in [1.29, 1.82) is 0 Å². The van der Waals surface area contributed by atoms with E-state index in [2.05, 4.69) is 10.5 Å². The number of anilines is 1. The van der Waals surface area contributed by atoms with Gasteiger partial charge in [-0.3, -0.25) is 14.9 Å². The van der Waals surface area contributed by atoms with Crippen molar-refractivity contribution in [2.45, 2.75) is 83.1 Å². The number of alkyl halides is 2. The first-order valence-electron chi connectivity index (χ1n) is 10.0. The maximum absolute atomic E-state index is 13.4. The van der Waals surface area contributed by atoms with Crippen molar-refractivity contribution >= 4 is 17.7 Å². The summed E-state index contributed by atoms with van der Waals surface area (Å²) in [5.74, 6) is -3.34. The van der Waals surface area contributed by atoms with Gasteiger partial charge >= 0.3 is 0 Å². The van der Waals surface area contributed by atoms with Crippen molar-refractivity contribution in [3.8, 4) is 0 Å². The van der Waals surface area contributed by atoms with Crippen LogP contribution in [0.1, 0.15) is 71.4 Å². The Bertz CT molecular complexity index is 717. The summed E-state index contributed by atoms with van der Waals surface area (Å²) in [5.41, 5.74) is 0.519. The minimum atomic E-state index is -2.67. The second-order valence-electron chi connectivity index (χ2n) is 8.99. The van der Waals surface area contributed by atoms with Crippen LogP contribution < -0.4 is 5.32 Å². The predicted molar refractivity (Wildman–Crippen MR) is 100 cm³/mol. The summed E-state index contributed by atoms with van der Waals surface area (Å²) >= 11 is 0. The molecule has 1 saturated carbocycles. The number of halogens is 2. The molecule has 0 spiro atoms. The van der Waals surface area contributed by atoms with Gasteiger partial charge in [-0.2, -0.15) is 0 Å². The van der Waals surface area contributed by atoms with Gasteiger partial charge in [0.15, 0.2) is 0 Å². The Hall–Kier alpha value is -1.99. The van der Waals surface area contributed by atoms with Gasteiger partial charge in [-0.25, -0.2) is 8.78 Å². The number of nitrogens with one attached hydrogen (secondary N) is 1. The predicted octanol–water partition coefficient (Wildman–Crippen LogP) is 4.12. The molecule has 1 saturated heterocycles. The number of likely N-dealkylation sites (tertiary alicyclic amines) is 1. The molecule has 2 aliphatic rings. The minimum Gasteiger partial charge on any atom is -0.338 e. The summed E-state index contributed by atoms with van der Waals surface area (Å²) in [6.07, 6.45) is 2.04. The quantitative estimate of drug-likeness (QED) is 0.833. The maximum Gasteiger partial charge on any atom is 0.249 e. The van der Waals surface area contributed by atoms with Crippen LogP contribution in [-0.4, -0.2) is 40.4 Å². The van der Waals surface area contributed by atoms with Crippen molar-refractivity contribution in [2.24, 2.45) is 5.92 Å². The molecule has 156 valence electrons. The molecule has 0 radical (unpaired) electrons. The Morgan fingerprint density at radius 2 is 1.89 bits per heavy atom. The van der Waals surface area contributed by atoms with Gasteiger partial charge in [-0.15, -0.1) is 0 Å². The topological polar surface area (TPSA) is 75.4 Å². The van der Waals surface area contributed by atoms with Crippen LogP contribution in [0.3, 0.4) is 0 Å². The Kier molecular flexibility index (Phi) is 5.77. The zero-order valence-electron chi connectivity index (χ0n) is 16.8. The number of carbonyl (C=O) groups is 2. The van der Waals surface area contributed by atoms with Gasteiger partial charge < -0.3 is 9.42 Å². The summed E-state index contributed by atoms with van der Waals surface area (Å²) < 4.78 is 32.0. The van der Waals surface area contributed by atoms with Gasteiger partial charge in [0.25, 0.3) is 0 Å². The van der Waals surface area contributed by atoms with Crippen molar-refractivity contribution in [1.82, 2.24) is 10.1 Å². The van der Waals surface area contributed by atoms with E-state index in [4.69, 9.17) is 4.52 Å². The first-order valence-corrected chi connectivity index (χ1v) is 10.0. The first kappa shape index (κ1) is 20.7. The lowest BCUT2D eigenvalue weighted by atomic mass is 9.85. The van der Waals surface area contributed by atoms with E-state index in [-0.39, 0.29) is 48.8 Å². The second kappa shape index (κ2) is 7.79. The van der Waals surface area contributed by atoms with Gasteiger partial charge in [0.2, 0.25) is 23.6 Å². The summed E-state index contributed by atoms with van der Waals surface area (Å²) in [6.45, 7) is 6.45. The molecule has 1 aliphatic carbocycles. The summed E-state index contributed by atoms with van der Waals surface area (Å²) in [7, 11) is 0. The van der Waals surface area contributed by atoms with Gasteiger partial charge in [0, 0.05) is 36.8 Å². The second-order valence-corrected chi connectivity index (χ2v) is 8.99. The number of piperidine rings is 1. The summed E-state index contributed by atoms with van der Waals surface area (Å²) in [6, 6.07) is 1.09. The normalized spacial score (nSPS) is 23.5. The molecule has 8 heteroatoms. The maximum atomic E-state index is 13.4. The van der Waals surface area contributed by atoms with Crippen molar-refractivity contribution < 1.29 is 22.9 Å². The van der Waals surface area contributed by atoms with Gasteiger partial charge in [0.05, 0.1) is 5.69 Å². The van der Waals surface area contributed by atoms with Crippen LogP contribution in [0.4, 0.5) is 14.7 Å². The van der Waals surface area contributed by atoms with Crippen LogP contribution in [0.2, 0.25) is 0 Å². The molecule has 2 amide bonds. The first-order chi connectivity index (χ1) is 13.1. The van der Waals surface area contributed by atoms with Crippen LogP contribution >= 0.6 is 0 Å². The minimum absolute atomic E-state index is 0.174. The highest BCUT2D eigenvalue weighted by Crippen LogP contribution is 2.37. The summed E-state index contributed by atoms with van der Waals surface area (Å²) in [5, 5.41) is 6.71. The van der Waals surface area contributed by atoms with E-state index in [0.717, 1.165) is 18.5 Å². The molecular weight excluding hydrogens is 368 g/mol. The molecule has 28 heavy (non-hydrogen) atoms. The third-order valence-electron chi connectivity index (χ3n) is 5.68. The Morgan fingerprint density at radius 3 is 2.50 bits per heavy atom. The zero-order chi connectivity index (χ0) is 20.5. The number of nitrogens with zero attached hydrogens (tertiary/aromatic N) is 2. The summed E-state index contributed by atoms with van der Waals surface area (Å²) in [4.78, 5) is 27.3. The lowest BCUT2D eigenvalue weighted by Crippen LogP contribution is -2.52. The van der Waals surface area contributed by atoms with Crippen LogP contribution in [0.25, 0.3) is 0 Å². The number of hydrogen-bond acceptors (Lipinski definition) is 4. The van der Waals surface area contributed by atoms with E-state index in [1.165, 1.54) is 0 Å². The molecule has 1 aliphatic heterocycles. The van der Waals surface area contributed by atoms with Crippen molar-refractivity contribution in [3.63, 3.8) is 0 Å². The number of aromatic nitrogens is 1. The fourth-order valence-electron chi connectivity index (χ4n) is 3.88. The van der Waals surface area contributed by atoms with E-state index < -0.39 is 17.9 Å². The van der Waals surface area contributed by atoms with Crippen molar-refractivity contribution in [3.05, 3.63) is 11.8 Å². The van der Waals surface area contributed by atoms with E-state index in [1.807, 2.05) is 20.8 Å². The molecule has 1 aromatic heterocycles. The number of rotatable bonds is 3. The molecule has 6 nitrogen and oxygen atoms in total. The molecule has 1 N–H and O–H groups in total. The lowest BCUT2D eigenvalue weighted by Gasteiger charge is -2.38. The molecule has 2 heterocycles.